The second-order valence-electron chi connectivity index (χ2n) is 6.28. The predicted molar refractivity (Wildman–Crippen MR) is 114 cm³/mol. The molecule has 3 rings (SSSR count). The van der Waals surface area contributed by atoms with Gasteiger partial charge in [0.25, 0.3) is 0 Å². The standard InChI is InChI=1S/C17H17Cl2N7O3S/c1-9-16(26(28)29)10(2)25(24-9)6-5-14-21-17(23-22-14)30-8-15(27)20-13-4-3-11(18)7-12(13)19/h3-4,7H,5-6,8H2,1-2H3,(H,20,27)(H,21,22,23). The molecule has 2 N–H and O–H groups in total. The second-order valence-corrected chi connectivity index (χ2v) is 8.06. The molecule has 0 fully saturated rings. The van der Waals surface area contributed by atoms with Gasteiger partial charge in [-0.1, -0.05) is 35.0 Å². The minimum atomic E-state index is -0.431. The summed E-state index contributed by atoms with van der Waals surface area (Å²) >= 11 is 13.0. The first-order valence-electron chi connectivity index (χ1n) is 8.72. The zero-order valence-electron chi connectivity index (χ0n) is 16.0. The molecule has 158 valence electrons. The van der Waals surface area contributed by atoms with Crippen molar-refractivity contribution in [3.8, 4) is 0 Å². The van der Waals surface area contributed by atoms with Gasteiger partial charge in [-0.05, 0) is 32.0 Å². The quantitative estimate of drug-likeness (QED) is 0.291. The molecule has 0 unspecified atom stereocenters. The number of aryl methyl sites for hydroxylation is 3. The topological polar surface area (TPSA) is 132 Å². The van der Waals surface area contributed by atoms with Gasteiger partial charge in [-0.25, -0.2) is 4.98 Å². The predicted octanol–water partition coefficient (Wildman–Crippen LogP) is 3.81. The Bertz CT molecular complexity index is 1100. The maximum atomic E-state index is 12.1. The summed E-state index contributed by atoms with van der Waals surface area (Å²) in [4.78, 5) is 27.1. The van der Waals surface area contributed by atoms with Gasteiger partial charge in [0.2, 0.25) is 11.1 Å². The molecule has 2 aromatic heterocycles. The molecule has 1 aromatic carbocycles. The number of carbonyl (C=O) groups is 1. The van der Waals surface area contributed by atoms with Crippen LogP contribution in [-0.4, -0.2) is 41.5 Å². The summed E-state index contributed by atoms with van der Waals surface area (Å²) in [7, 11) is 0. The summed E-state index contributed by atoms with van der Waals surface area (Å²) in [6.45, 7) is 3.67. The fourth-order valence-electron chi connectivity index (χ4n) is 2.74. The number of hydrogen-bond acceptors (Lipinski definition) is 7. The zero-order valence-corrected chi connectivity index (χ0v) is 18.3. The van der Waals surface area contributed by atoms with Crippen molar-refractivity contribution in [2.75, 3.05) is 11.1 Å². The molecule has 3 aromatic rings. The van der Waals surface area contributed by atoms with Gasteiger partial charge in [0.05, 0.1) is 21.4 Å². The van der Waals surface area contributed by atoms with Crippen LogP contribution in [0.4, 0.5) is 11.4 Å². The van der Waals surface area contributed by atoms with Gasteiger partial charge in [0.15, 0.2) is 0 Å². The summed E-state index contributed by atoms with van der Waals surface area (Å²) in [5, 5.41) is 26.1. The first kappa shape index (κ1) is 22.1. The highest BCUT2D eigenvalue weighted by Crippen LogP contribution is 2.26. The maximum absolute atomic E-state index is 12.1. The Morgan fingerprint density at radius 2 is 2.13 bits per heavy atom. The Hall–Kier alpha value is -2.63. The molecule has 13 heteroatoms. The molecule has 10 nitrogen and oxygen atoms in total. The van der Waals surface area contributed by atoms with E-state index in [2.05, 4.69) is 25.6 Å². The SMILES string of the molecule is Cc1nn(CCc2nc(SCC(=O)Nc3ccc(Cl)cc3Cl)n[nH]2)c(C)c1[N+](=O)[O-]. The molecular formula is C17H17Cl2N7O3S. The van der Waals surface area contributed by atoms with Crippen LogP contribution >= 0.6 is 35.0 Å². The molecule has 0 aliphatic rings. The number of nitrogens with one attached hydrogen (secondary N) is 2. The number of amides is 1. The molecule has 0 radical (unpaired) electrons. The van der Waals surface area contributed by atoms with Crippen LogP contribution in [0, 0.1) is 24.0 Å². The van der Waals surface area contributed by atoms with Crippen LogP contribution in [-0.2, 0) is 17.8 Å². The van der Waals surface area contributed by atoms with E-state index in [9.17, 15) is 14.9 Å². The molecule has 0 bridgehead atoms. The molecule has 0 atom stereocenters. The van der Waals surface area contributed by atoms with Crippen LogP contribution in [0.1, 0.15) is 17.2 Å². The number of nitro groups is 1. The summed E-state index contributed by atoms with van der Waals surface area (Å²) < 4.78 is 1.58. The minimum absolute atomic E-state index is 0.0237. The van der Waals surface area contributed by atoms with Crippen molar-refractivity contribution in [1.82, 2.24) is 25.0 Å². The summed E-state index contributed by atoms with van der Waals surface area (Å²) in [6.07, 6.45) is 0.458. The van der Waals surface area contributed by atoms with Crippen molar-refractivity contribution in [2.24, 2.45) is 0 Å². The largest absolute Gasteiger partial charge is 0.324 e. The van der Waals surface area contributed by atoms with Crippen molar-refractivity contribution in [2.45, 2.75) is 32.0 Å². The molecule has 30 heavy (non-hydrogen) atoms. The highest BCUT2D eigenvalue weighted by atomic mass is 35.5. The number of thioether (sulfide) groups is 1. The molecule has 2 heterocycles. The zero-order chi connectivity index (χ0) is 21.8. The minimum Gasteiger partial charge on any atom is -0.324 e. The van der Waals surface area contributed by atoms with Crippen LogP contribution in [0.2, 0.25) is 10.0 Å². The molecule has 0 aliphatic heterocycles. The monoisotopic (exact) mass is 469 g/mol. The van der Waals surface area contributed by atoms with Crippen molar-refractivity contribution in [1.29, 1.82) is 0 Å². The Morgan fingerprint density at radius 3 is 2.80 bits per heavy atom. The third kappa shape index (κ3) is 5.29. The van der Waals surface area contributed by atoms with Crippen molar-refractivity contribution in [3.05, 3.63) is 55.6 Å². The van der Waals surface area contributed by atoms with E-state index in [0.29, 0.717) is 51.1 Å². The van der Waals surface area contributed by atoms with Gasteiger partial charge in [-0.3, -0.25) is 24.7 Å². The Morgan fingerprint density at radius 1 is 1.37 bits per heavy atom. The smallest absolute Gasteiger partial charge is 0.312 e. The fourth-order valence-corrected chi connectivity index (χ4v) is 3.82. The van der Waals surface area contributed by atoms with Crippen LogP contribution in [0.25, 0.3) is 0 Å². The van der Waals surface area contributed by atoms with Crippen molar-refractivity contribution < 1.29 is 9.72 Å². The van der Waals surface area contributed by atoms with Crippen LogP contribution < -0.4 is 5.32 Å². The molecule has 0 aliphatic carbocycles. The number of aromatic amines is 1. The van der Waals surface area contributed by atoms with Crippen molar-refractivity contribution in [3.63, 3.8) is 0 Å². The molecular weight excluding hydrogens is 453 g/mol. The third-order valence-corrected chi connectivity index (χ3v) is 5.53. The lowest BCUT2D eigenvalue weighted by molar-refractivity contribution is -0.386. The first-order valence-corrected chi connectivity index (χ1v) is 10.5. The lowest BCUT2D eigenvalue weighted by atomic mass is 10.3. The lowest BCUT2D eigenvalue weighted by Crippen LogP contribution is -2.14. The average molecular weight is 470 g/mol. The van der Waals surface area contributed by atoms with Gasteiger partial charge in [0.1, 0.15) is 17.2 Å². The lowest BCUT2D eigenvalue weighted by Gasteiger charge is -2.06. The van der Waals surface area contributed by atoms with Gasteiger partial charge in [0, 0.05) is 18.0 Å². The normalized spacial score (nSPS) is 10.9. The van der Waals surface area contributed by atoms with E-state index in [-0.39, 0.29) is 17.3 Å². The van der Waals surface area contributed by atoms with Crippen LogP contribution in [0.5, 0.6) is 0 Å². The van der Waals surface area contributed by atoms with Crippen LogP contribution in [0.15, 0.2) is 23.4 Å². The highest BCUT2D eigenvalue weighted by Gasteiger charge is 2.21. The first-order chi connectivity index (χ1) is 14.2. The van der Waals surface area contributed by atoms with E-state index in [0.717, 1.165) is 0 Å². The molecule has 0 saturated carbocycles. The summed E-state index contributed by atoms with van der Waals surface area (Å²) in [5.74, 6) is 0.430. The number of hydrogen-bond donors (Lipinski definition) is 2. The highest BCUT2D eigenvalue weighted by molar-refractivity contribution is 7.99. The summed E-state index contributed by atoms with van der Waals surface area (Å²) in [5.41, 5.74) is 1.36. The fraction of sp³-hybridized carbons (Fsp3) is 0.294. The Labute approximate surface area is 185 Å². The Kier molecular flexibility index (Phi) is 6.95. The number of benzene rings is 1. The molecule has 0 spiro atoms. The van der Waals surface area contributed by atoms with E-state index in [4.69, 9.17) is 23.2 Å². The number of H-pyrrole nitrogens is 1. The Balaban J connectivity index is 1.52. The number of carbonyl (C=O) groups excluding carboxylic acids is 1. The van der Waals surface area contributed by atoms with Gasteiger partial charge < -0.3 is 5.32 Å². The number of anilines is 1. The van der Waals surface area contributed by atoms with Gasteiger partial charge in [-0.2, -0.15) is 5.10 Å². The second kappa shape index (κ2) is 9.45. The molecule has 1 amide bonds. The van der Waals surface area contributed by atoms with Crippen LogP contribution in [0.3, 0.4) is 0 Å². The number of rotatable bonds is 8. The van der Waals surface area contributed by atoms with E-state index >= 15 is 0 Å². The number of nitrogens with zero attached hydrogens (tertiary/aromatic N) is 5. The third-order valence-electron chi connectivity index (χ3n) is 4.14. The van der Waals surface area contributed by atoms with E-state index < -0.39 is 4.92 Å². The van der Waals surface area contributed by atoms with E-state index in [1.54, 1.807) is 36.7 Å². The van der Waals surface area contributed by atoms with E-state index in [1.807, 2.05) is 0 Å². The van der Waals surface area contributed by atoms with Gasteiger partial charge in [-0.15, -0.1) is 5.10 Å². The van der Waals surface area contributed by atoms with Crippen molar-refractivity contribution >= 4 is 52.2 Å². The molecule has 0 saturated heterocycles. The number of halogens is 2. The maximum Gasteiger partial charge on any atom is 0.312 e. The van der Waals surface area contributed by atoms with E-state index in [1.165, 1.54) is 11.8 Å². The average Bonchev–Trinajstić information content (AvgIpc) is 3.24. The summed E-state index contributed by atoms with van der Waals surface area (Å²) in [6, 6.07) is 4.81. The number of aromatic nitrogens is 5. The van der Waals surface area contributed by atoms with Gasteiger partial charge >= 0.3 is 5.69 Å².